The fourth-order valence-electron chi connectivity index (χ4n) is 2.65. The Morgan fingerprint density at radius 1 is 1.47 bits per heavy atom. The average Bonchev–Trinajstić information content (AvgIpc) is 2.79. The van der Waals surface area contributed by atoms with Crippen LogP contribution in [0.25, 0.3) is 0 Å². The fraction of sp³-hybridized carbons (Fsp3) is 0.643. The molecule has 3 nitrogen and oxygen atoms in total. The standard InChI is InChI=1S/C14H22N2O/c1-3-10-16-11-6-8-13(16)12-7-5-9-15-14(12)17-4-2/h5,7,9,13H,3-4,6,8,10-11H2,1-2H3/t13-/m0/s1. The minimum atomic E-state index is 0.505. The van der Waals surface area contributed by atoms with Crippen LogP contribution in [0.15, 0.2) is 18.3 Å². The average molecular weight is 234 g/mol. The molecule has 1 aliphatic rings. The van der Waals surface area contributed by atoms with E-state index in [0.717, 1.165) is 5.88 Å². The van der Waals surface area contributed by atoms with Gasteiger partial charge in [-0.2, -0.15) is 0 Å². The lowest BCUT2D eigenvalue weighted by atomic mass is 10.1. The quantitative estimate of drug-likeness (QED) is 0.783. The van der Waals surface area contributed by atoms with Crippen molar-refractivity contribution >= 4 is 0 Å². The van der Waals surface area contributed by atoms with Crippen molar-refractivity contribution in [1.82, 2.24) is 9.88 Å². The zero-order valence-corrected chi connectivity index (χ0v) is 10.9. The molecule has 0 radical (unpaired) electrons. The van der Waals surface area contributed by atoms with Gasteiger partial charge in [-0.1, -0.05) is 13.0 Å². The first-order chi connectivity index (χ1) is 8.36. The molecule has 2 heterocycles. The van der Waals surface area contributed by atoms with Gasteiger partial charge in [-0.25, -0.2) is 4.98 Å². The van der Waals surface area contributed by atoms with Gasteiger partial charge in [0, 0.05) is 17.8 Å². The number of aromatic nitrogens is 1. The maximum atomic E-state index is 5.64. The van der Waals surface area contributed by atoms with Gasteiger partial charge in [0.15, 0.2) is 0 Å². The van der Waals surface area contributed by atoms with Crippen LogP contribution < -0.4 is 4.74 Å². The fourth-order valence-corrected chi connectivity index (χ4v) is 2.65. The van der Waals surface area contributed by atoms with Crippen LogP contribution >= 0.6 is 0 Å². The molecular formula is C14H22N2O. The molecule has 1 fully saturated rings. The van der Waals surface area contributed by atoms with E-state index in [4.69, 9.17) is 4.74 Å². The molecule has 0 bridgehead atoms. The van der Waals surface area contributed by atoms with Gasteiger partial charge in [0.2, 0.25) is 5.88 Å². The molecule has 1 aromatic heterocycles. The van der Waals surface area contributed by atoms with Gasteiger partial charge in [-0.15, -0.1) is 0 Å². The SMILES string of the molecule is CCCN1CCC[C@H]1c1cccnc1OCC. The van der Waals surface area contributed by atoms with E-state index in [-0.39, 0.29) is 0 Å². The van der Waals surface area contributed by atoms with Crippen LogP contribution in [0.2, 0.25) is 0 Å². The normalized spacial score (nSPS) is 20.7. The van der Waals surface area contributed by atoms with Crippen LogP contribution in [0, 0.1) is 0 Å². The van der Waals surface area contributed by atoms with E-state index in [9.17, 15) is 0 Å². The van der Waals surface area contributed by atoms with Crippen molar-refractivity contribution in [3.63, 3.8) is 0 Å². The predicted octanol–water partition coefficient (Wildman–Crippen LogP) is 3.03. The largest absolute Gasteiger partial charge is 0.478 e. The molecule has 1 atom stereocenters. The Morgan fingerprint density at radius 3 is 3.12 bits per heavy atom. The molecule has 3 heteroatoms. The van der Waals surface area contributed by atoms with Gasteiger partial charge in [0.25, 0.3) is 0 Å². The van der Waals surface area contributed by atoms with Crippen molar-refractivity contribution in [2.24, 2.45) is 0 Å². The molecule has 17 heavy (non-hydrogen) atoms. The van der Waals surface area contributed by atoms with Crippen molar-refractivity contribution in [3.8, 4) is 5.88 Å². The second kappa shape index (κ2) is 6.01. The molecule has 2 rings (SSSR count). The highest BCUT2D eigenvalue weighted by Crippen LogP contribution is 2.35. The molecule has 1 saturated heterocycles. The van der Waals surface area contributed by atoms with Crippen LogP contribution in [0.3, 0.4) is 0 Å². The van der Waals surface area contributed by atoms with E-state index in [1.807, 2.05) is 19.2 Å². The van der Waals surface area contributed by atoms with E-state index >= 15 is 0 Å². The monoisotopic (exact) mass is 234 g/mol. The second-order valence-electron chi connectivity index (χ2n) is 4.52. The van der Waals surface area contributed by atoms with Crippen LogP contribution in [-0.2, 0) is 0 Å². The number of ether oxygens (including phenoxy) is 1. The number of likely N-dealkylation sites (tertiary alicyclic amines) is 1. The van der Waals surface area contributed by atoms with Crippen molar-refractivity contribution in [2.45, 2.75) is 39.2 Å². The molecule has 0 aromatic carbocycles. The smallest absolute Gasteiger partial charge is 0.218 e. The summed E-state index contributed by atoms with van der Waals surface area (Å²) in [4.78, 5) is 6.91. The molecule has 0 aliphatic carbocycles. The Labute approximate surface area is 104 Å². The van der Waals surface area contributed by atoms with Crippen LogP contribution in [0.5, 0.6) is 5.88 Å². The zero-order valence-electron chi connectivity index (χ0n) is 10.9. The van der Waals surface area contributed by atoms with Crippen molar-refractivity contribution < 1.29 is 4.74 Å². The third-order valence-corrected chi connectivity index (χ3v) is 3.32. The summed E-state index contributed by atoms with van der Waals surface area (Å²) < 4.78 is 5.64. The highest BCUT2D eigenvalue weighted by atomic mass is 16.5. The first-order valence-corrected chi connectivity index (χ1v) is 6.68. The topological polar surface area (TPSA) is 25.4 Å². The summed E-state index contributed by atoms with van der Waals surface area (Å²) in [6.07, 6.45) is 5.53. The van der Waals surface area contributed by atoms with Crippen molar-refractivity contribution in [2.75, 3.05) is 19.7 Å². The molecule has 1 aliphatic heterocycles. The first-order valence-electron chi connectivity index (χ1n) is 6.68. The highest BCUT2D eigenvalue weighted by molar-refractivity contribution is 5.29. The predicted molar refractivity (Wildman–Crippen MR) is 69.2 cm³/mol. The van der Waals surface area contributed by atoms with Gasteiger partial charge < -0.3 is 4.74 Å². The third-order valence-electron chi connectivity index (χ3n) is 3.32. The van der Waals surface area contributed by atoms with E-state index in [2.05, 4.69) is 22.9 Å². The molecule has 0 unspecified atom stereocenters. The number of hydrogen-bond acceptors (Lipinski definition) is 3. The Bertz CT molecular complexity index is 354. The third kappa shape index (κ3) is 2.78. The Balaban J connectivity index is 2.20. The van der Waals surface area contributed by atoms with Gasteiger partial charge in [0.05, 0.1) is 6.61 Å². The number of rotatable bonds is 5. The number of nitrogens with zero attached hydrogens (tertiary/aromatic N) is 2. The second-order valence-corrected chi connectivity index (χ2v) is 4.52. The summed E-state index contributed by atoms with van der Waals surface area (Å²) in [6.45, 7) is 7.31. The molecule has 0 amide bonds. The minimum absolute atomic E-state index is 0.505. The molecular weight excluding hydrogens is 212 g/mol. The Morgan fingerprint density at radius 2 is 2.35 bits per heavy atom. The first kappa shape index (κ1) is 12.4. The van der Waals surface area contributed by atoms with E-state index < -0.39 is 0 Å². The van der Waals surface area contributed by atoms with Crippen LogP contribution in [0.1, 0.15) is 44.7 Å². The molecule has 94 valence electrons. The molecule has 1 aromatic rings. The summed E-state index contributed by atoms with van der Waals surface area (Å²) in [5.74, 6) is 0.822. The van der Waals surface area contributed by atoms with Gasteiger partial charge in [-0.05, 0) is 45.3 Å². The van der Waals surface area contributed by atoms with Gasteiger partial charge in [-0.3, -0.25) is 4.90 Å². The maximum absolute atomic E-state index is 5.64. The lowest BCUT2D eigenvalue weighted by Gasteiger charge is -2.25. The maximum Gasteiger partial charge on any atom is 0.218 e. The lowest BCUT2D eigenvalue weighted by Crippen LogP contribution is -2.24. The molecule has 0 spiro atoms. The minimum Gasteiger partial charge on any atom is -0.478 e. The van der Waals surface area contributed by atoms with Gasteiger partial charge in [0.1, 0.15) is 0 Å². The summed E-state index contributed by atoms with van der Waals surface area (Å²) in [6, 6.07) is 4.68. The molecule has 0 saturated carbocycles. The number of pyridine rings is 1. The Hall–Kier alpha value is -1.09. The molecule has 0 N–H and O–H groups in total. The zero-order chi connectivity index (χ0) is 12.1. The van der Waals surface area contributed by atoms with Crippen LogP contribution in [-0.4, -0.2) is 29.6 Å². The van der Waals surface area contributed by atoms with Crippen LogP contribution in [0.4, 0.5) is 0 Å². The Kier molecular flexibility index (Phi) is 4.37. The van der Waals surface area contributed by atoms with Gasteiger partial charge >= 0.3 is 0 Å². The summed E-state index contributed by atoms with van der Waals surface area (Å²) in [7, 11) is 0. The van der Waals surface area contributed by atoms with E-state index in [1.54, 1.807) is 0 Å². The summed E-state index contributed by atoms with van der Waals surface area (Å²) >= 11 is 0. The number of hydrogen-bond donors (Lipinski definition) is 0. The summed E-state index contributed by atoms with van der Waals surface area (Å²) in [5.41, 5.74) is 1.26. The van der Waals surface area contributed by atoms with Crippen molar-refractivity contribution in [1.29, 1.82) is 0 Å². The highest BCUT2D eigenvalue weighted by Gasteiger charge is 2.27. The summed E-state index contributed by atoms with van der Waals surface area (Å²) in [5, 5.41) is 0. The van der Waals surface area contributed by atoms with E-state index in [1.165, 1.54) is 37.9 Å². The lowest BCUT2D eigenvalue weighted by molar-refractivity contribution is 0.245. The van der Waals surface area contributed by atoms with E-state index in [0.29, 0.717) is 12.6 Å². The van der Waals surface area contributed by atoms with Crippen molar-refractivity contribution in [3.05, 3.63) is 23.9 Å².